The minimum atomic E-state index is -2.88. The quantitative estimate of drug-likeness (QED) is 0.900. The van der Waals surface area contributed by atoms with Crippen molar-refractivity contribution in [2.24, 2.45) is 5.92 Å². The molecule has 1 aromatic carbocycles. The number of aromatic nitrogens is 2. The molecule has 1 atom stereocenters. The van der Waals surface area contributed by atoms with Crippen LogP contribution < -0.4 is 5.32 Å². The van der Waals surface area contributed by atoms with Crippen LogP contribution in [0.2, 0.25) is 10.0 Å². The van der Waals surface area contributed by atoms with Gasteiger partial charge in [0.25, 0.3) is 0 Å². The van der Waals surface area contributed by atoms with E-state index in [9.17, 15) is 8.42 Å². The van der Waals surface area contributed by atoms with Crippen LogP contribution in [0.5, 0.6) is 0 Å². The molecule has 2 heterocycles. The van der Waals surface area contributed by atoms with Crippen LogP contribution in [0.3, 0.4) is 0 Å². The summed E-state index contributed by atoms with van der Waals surface area (Å²) in [6.45, 7) is 0.483. The Balaban J connectivity index is 1.66. The van der Waals surface area contributed by atoms with Gasteiger partial charge in [0.05, 0.1) is 11.5 Å². The van der Waals surface area contributed by atoms with Crippen LogP contribution in [-0.2, 0) is 9.84 Å². The molecule has 1 unspecified atom stereocenters. The summed E-state index contributed by atoms with van der Waals surface area (Å²) in [6.07, 6.45) is 0.653. The maximum absolute atomic E-state index is 11.4. The van der Waals surface area contributed by atoms with Crippen LogP contribution in [0.25, 0.3) is 11.4 Å². The van der Waals surface area contributed by atoms with Crippen molar-refractivity contribution in [3.8, 4) is 11.4 Å². The first-order valence-corrected chi connectivity index (χ1v) is 9.23. The fraction of sp³-hybridized carbons (Fsp3) is 0.385. The third-order valence-corrected chi connectivity index (χ3v) is 5.69. The van der Waals surface area contributed by atoms with E-state index in [1.54, 1.807) is 18.2 Å². The summed E-state index contributed by atoms with van der Waals surface area (Å²) in [6, 6.07) is 5.24. The van der Waals surface area contributed by atoms with Crippen molar-refractivity contribution < 1.29 is 12.9 Å². The molecule has 22 heavy (non-hydrogen) atoms. The van der Waals surface area contributed by atoms with Crippen LogP contribution in [0.15, 0.2) is 22.7 Å². The average Bonchev–Trinajstić information content (AvgIpc) is 3.02. The highest BCUT2D eigenvalue weighted by Gasteiger charge is 2.27. The van der Waals surface area contributed by atoms with E-state index >= 15 is 0 Å². The van der Waals surface area contributed by atoms with Gasteiger partial charge in [0.15, 0.2) is 9.84 Å². The van der Waals surface area contributed by atoms with Crippen LogP contribution in [0.1, 0.15) is 6.42 Å². The topological polar surface area (TPSA) is 85.1 Å². The molecule has 0 amide bonds. The lowest BCUT2D eigenvalue weighted by Crippen LogP contribution is -2.15. The summed E-state index contributed by atoms with van der Waals surface area (Å²) in [5.41, 5.74) is 0.651. The minimum absolute atomic E-state index is 0.0703. The molecule has 9 heteroatoms. The standard InChI is InChI=1S/C13H13Cl2N3O3S/c14-10-3-9(4-11(15)5-10)12-17-13(21-18-12)16-6-8-1-2-22(19,20)7-8/h3-5,8H,1-2,6-7H2,(H,16,17,18). The van der Waals surface area contributed by atoms with Crippen molar-refractivity contribution >= 4 is 39.1 Å². The minimum Gasteiger partial charge on any atom is -0.337 e. The van der Waals surface area contributed by atoms with Crippen LogP contribution in [0.4, 0.5) is 6.01 Å². The molecule has 0 spiro atoms. The van der Waals surface area contributed by atoms with Crippen LogP contribution >= 0.6 is 23.2 Å². The summed E-state index contributed by atoms with van der Waals surface area (Å²) in [5, 5.41) is 7.80. The second-order valence-electron chi connectivity index (χ2n) is 5.23. The second-order valence-corrected chi connectivity index (χ2v) is 8.33. The van der Waals surface area contributed by atoms with Gasteiger partial charge in [-0.25, -0.2) is 8.42 Å². The van der Waals surface area contributed by atoms with Gasteiger partial charge >= 0.3 is 6.01 Å². The molecule has 0 saturated carbocycles. The molecular weight excluding hydrogens is 349 g/mol. The second kappa shape index (κ2) is 6.06. The Morgan fingerprint density at radius 2 is 2.00 bits per heavy atom. The fourth-order valence-electron chi connectivity index (χ4n) is 2.36. The number of halogens is 2. The van der Waals surface area contributed by atoms with Gasteiger partial charge in [0.1, 0.15) is 0 Å². The van der Waals surface area contributed by atoms with E-state index in [-0.39, 0.29) is 23.4 Å². The molecule has 1 fully saturated rings. The highest BCUT2D eigenvalue weighted by atomic mass is 35.5. The molecule has 1 N–H and O–H groups in total. The van der Waals surface area contributed by atoms with Gasteiger partial charge < -0.3 is 9.84 Å². The molecule has 118 valence electrons. The van der Waals surface area contributed by atoms with Crippen molar-refractivity contribution in [3.05, 3.63) is 28.2 Å². The molecule has 0 bridgehead atoms. The summed E-state index contributed by atoms with van der Waals surface area (Å²) in [4.78, 5) is 4.20. The van der Waals surface area contributed by atoms with Crippen molar-refractivity contribution in [2.75, 3.05) is 23.4 Å². The number of sulfone groups is 1. The largest absolute Gasteiger partial charge is 0.337 e. The number of nitrogens with zero attached hydrogens (tertiary/aromatic N) is 2. The number of hydrogen-bond acceptors (Lipinski definition) is 6. The number of rotatable bonds is 4. The highest BCUT2D eigenvalue weighted by Crippen LogP contribution is 2.26. The van der Waals surface area contributed by atoms with Gasteiger partial charge in [0.2, 0.25) is 5.82 Å². The van der Waals surface area contributed by atoms with Crippen molar-refractivity contribution in [1.29, 1.82) is 0 Å². The molecule has 6 nitrogen and oxygen atoms in total. The van der Waals surface area contributed by atoms with Gasteiger partial charge in [-0.2, -0.15) is 4.98 Å². The fourth-order valence-corrected chi connectivity index (χ4v) is 4.75. The highest BCUT2D eigenvalue weighted by molar-refractivity contribution is 7.91. The first kappa shape index (κ1) is 15.6. The Morgan fingerprint density at radius 3 is 2.64 bits per heavy atom. The monoisotopic (exact) mass is 361 g/mol. The van der Waals surface area contributed by atoms with Gasteiger partial charge in [0, 0.05) is 22.2 Å². The first-order valence-electron chi connectivity index (χ1n) is 6.66. The van der Waals surface area contributed by atoms with E-state index < -0.39 is 9.84 Å². The Hall–Kier alpha value is -1.31. The normalized spacial score (nSPS) is 20.2. The van der Waals surface area contributed by atoms with Gasteiger partial charge in [-0.15, -0.1) is 0 Å². The Bertz CT molecular complexity index is 771. The van der Waals surface area contributed by atoms with E-state index in [1.807, 2.05) is 0 Å². The lowest BCUT2D eigenvalue weighted by atomic mass is 10.1. The van der Waals surface area contributed by atoms with Crippen LogP contribution in [-0.4, -0.2) is 36.6 Å². The van der Waals surface area contributed by atoms with Crippen molar-refractivity contribution in [3.63, 3.8) is 0 Å². The van der Waals surface area contributed by atoms with E-state index in [0.717, 1.165) is 0 Å². The van der Waals surface area contributed by atoms with Crippen molar-refractivity contribution in [2.45, 2.75) is 6.42 Å². The van der Waals surface area contributed by atoms with E-state index in [1.165, 1.54) is 0 Å². The molecule has 0 aliphatic carbocycles. The van der Waals surface area contributed by atoms with Gasteiger partial charge in [-0.3, -0.25) is 0 Å². The zero-order valence-electron chi connectivity index (χ0n) is 11.4. The zero-order valence-corrected chi connectivity index (χ0v) is 13.7. The SMILES string of the molecule is O=S1(=O)CCC(CNc2nc(-c3cc(Cl)cc(Cl)c3)no2)C1. The molecule has 0 radical (unpaired) electrons. The number of nitrogens with one attached hydrogen (secondary N) is 1. The van der Waals surface area contributed by atoms with Crippen LogP contribution in [0, 0.1) is 5.92 Å². The van der Waals surface area contributed by atoms with Crippen molar-refractivity contribution in [1.82, 2.24) is 10.1 Å². The molecule has 1 aliphatic rings. The number of hydrogen-bond donors (Lipinski definition) is 1. The molecule has 1 aromatic heterocycles. The first-order chi connectivity index (χ1) is 10.4. The maximum Gasteiger partial charge on any atom is 0.321 e. The predicted octanol–water partition coefficient (Wildman–Crippen LogP) is 2.89. The Morgan fingerprint density at radius 1 is 1.27 bits per heavy atom. The van der Waals surface area contributed by atoms with E-state index in [0.29, 0.717) is 34.4 Å². The Kier molecular flexibility index (Phi) is 4.29. The van der Waals surface area contributed by atoms with Gasteiger partial charge in [-0.1, -0.05) is 28.4 Å². The summed E-state index contributed by atoms with van der Waals surface area (Å²) in [7, 11) is -2.88. The number of benzene rings is 1. The summed E-state index contributed by atoms with van der Waals surface area (Å²) in [5.74, 6) is 0.882. The maximum atomic E-state index is 11.4. The smallest absolute Gasteiger partial charge is 0.321 e. The predicted molar refractivity (Wildman–Crippen MR) is 85.0 cm³/mol. The molecule has 1 saturated heterocycles. The summed E-state index contributed by atoms with van der Waals surface area (Å²) >= 11 is 11.9. The van der Waals surface area contributed by atoms with E-state index in [2.05, 4.69) is 15.5 Å². The third-order valence-electron chi connectivity index (χ3n) is 3.42. The molecular formula is C13H13Cl2N3O3S. The van der Waals surface area contributed by atoms with E-state index in [4.69, 9.17) is 27.7 Å². The lowest BCUT2D eigenvalue weighted by molar-refractivity contribution is 0.429. The summed E-state index contributed by atoms with van der Waals surface area (Å²) < 4.78 is 27.9. The molecule has 1 aliphatic heterocycles. The Labute approximate surface area is 137 Å². The average molecular weight is 362 g/mol. The lowest BCUT2D eigenvalue weighted by Gasteiger charge is -2.06. The van der Waals surface area contributed by atoms with Gasteiger partial charge in [-0.05, 0) is 30.5 Å². The number of anilines is 1. The molecule has 2 aromatic rings. The molecule has 3 rings (SSSR count). The third kappa shape index (κ3) is 3.71. The zero-order chi connectivity index (χ0) is 15.7.